The van der Waals surface area contributed by atoms with Crippen molar-refractivity contribution in [3.8, 4) is 0 Å². The van der Waals surface area contributed by atoms with E-state index in [9.17, 15) is 4.79 Å². The molecule has 0 saturated heterocycles. The quantitative estimate of drug-likeness (QED) is 0.239. The van der Waals surface area contributed by atoms with Crippen LogP contribution in [0.3, 0.4) is 0 Å². The Labute approximate surface area is 175 Å². The Morgan fingerprint density at radius 1 is 1.20 bits per heavy atom. The first-order valence-corrected chi connectivity index (χ1v) is 9.98. The van der Waals surface area contributed by atoms with Crippen LogP contribution in [0.15, 0.2) is 42.9 Å². The molecule has 30 heavy (non-hydrogen) atoms. The lowest BCUT2D eigenvalue weighted by molar-refractivity contribution is 0.100. The van der Waals surface area contributed by atoms with Crippen molar-refractivity contribution in [3.63, 3.8) is 0 Å². The van der Waals surface area contributed by atoms with E-state index >= 15 is 0 Å². The number of nitrogens with one attached hydrogen (secondary N) is 4. The number of carbonyl (C=O) groups is 1. The van der Waals surface area contributed by atoms with Crippen LogP contribution >= 0.6 is 0 Å². The third kappa shape index (κ3) is 5.82. The summed E-state index contributed by atoms with van der Waals surface area (Å²) in [6.07, 6.45) is 9.16. The lowest BCUT2D eigenvalue weighted by Crippen LogP contribution is -2.37. The maximum Gasteiger partial charge on any atom is 0.254 e. The predicted octanol–water partition coefficient (Wildman–Crippen LogP) is 1.59. The van der Waals surface area contributed by atoms with Crippen LogP contribution in [0.4, 0.5) is 23.1 Å². The van der Waals surface area contributed by atoms with E-state index in [2.05, 4.69) is 31.3 Å². The Morgan fingerprint density at radius 3 is 2.77 bits per heavy atom. The van der Waals surface area contributed by atoms with Crippen molar-refractivity contribution >= 4 is 29.0 Å². The normalized spacial score (nSPS) is 18.7. The fourth-order valence-electron chi connectivity index (χ4n) is 3.46. The number of hydrogen-bond acceptors (Lipinski definition) is 9. The zero-order valence-corrected chi connectivity index (χ0v) is 16.8. The van der Waals surface area contributed by atoms with Crippen LogP contribution in [0.5, 0.6) is 0 Å². The molecule has 0 aliphatic heterocycles. The van der Waals surface area contributed by atoms with Crippen LogP contribution in [-0.4, -0.2) is 28.5 Å². The van der Waals surface area contributed by atoms with Crippen LogP contribution < -0.4 is 38.7 Å². The van der Waals surface area contributed by atoms with Crippen LogP contribution in [-0.2, 0) is 0 Å². The highest BCUT2D eigenvalue weighted by atomic mass is 16.1. The Kier molecular flexibility index (Phi) is 7.41. The van der Waals surface area contributed by atoms with E-state index < -0.39 is 5.91 Å². The molecule has 1 aromatic heterocycles. The van der Waals surface area contributed by atoms with Gasteiger partial charge in [0.25, 0.3) is 5.91 Å². The number of nitrogens with two attached hydrogens (primary N) is 3. The fourth-order valence-corrected chi connectivity index (χ4v) is 3.46. The minimum absolute atomic E-state index is 0.187. The molecule has 1 aromatic carbocycles. The van der Waals surface area contributed by atoms with Gasteiger partial charge in [0.1, 0.15) is 11.4 Å². The average Bonchev–Trinajstić information content (AvgIpc) is 2.74. The third-order valence-corrected chi connectivity index (χ3v) is 5.10. The molecule has 10 nitrogen and oxygen atoms in total. The molecule has 2 atom stereocenters. The minimum atomic E-state index is -0.607. The van der Waals surface area contributed by atoms with Crippen molar-refractivity contribution < 1.29 is 4.79 Å². The van der Waals surface area contributed by atoms with Gasteiger partial charge in [-0.15, -0.1) is 0 Å². The zero-order chi connectivity index (χ0) is 21.3. The SMILES string of the molecule is NN/C=C\Nc1cccc(Nc2nc(NC[C@@H]3CCCC[C@@H]3N)ncc2C(N)=O)c1. The molecule has 160 valence electrons. The second-order valence-corrected chi connectivity index (χ2v) is 7.26. The Bertz CT molecular complexity index is 886. The van der Waals surface area contributed by atoms with Gasteiger partial charge in [-0.3, -0.25) is 10.6 Å². The summed E-state index contributed by atoms with van der Waals surface area (Å²) in [4.78, 5) is 20.5. The number of aromatic nitrogens is 2. The summed E-state index contributed by atoms with van der Waals surface area (Å²) < 4.78 is 0. The molecule has 0 radical (unpaired) electrons. The van der Waals surface area contributed by atoms with Crippen molar-refractivity contribution in [3.05, 3.63) is 48.4 Å². The number of hydrogen-bond donors (Lipinski definition) is 7. The van der Waals surface area contributed by atoms with Crippen LogP contribution in [0, 0.1) is 5.92 Å². The predicted molar refractivity (Wildman–Crippen MR) is 119 cm³/mol. The van der Waals surface area contributed by atoms with Gasteiger partial charge in [-0.1, -0.05) is 18.9 Å². The molecular formula is C20H29N9O. The van der Waals surface area contributed by atoms with E-state index in [1.54, 1.807) is 12.4 Å². The molecule has 10 heteroatoms. The summed E-state index contributed by atoms with van der Waals surface area (Å²) in [5.41, 5.74) is 15.9. The Balaban J connectivity index is 1.74. The summed E-state index contributed by atoms with van der Waals surface area (Å²) in [6, 6.07) is 7.66. The van der Waals surface area contributed by atoms with Crippen molar-refractivity contribution in [2.45, 2.75) is 31.7 Å². The number of rotatable bonds is 9. The van der Waals surface area contributed by atoms with Gasteiger partial charge in [0.05, 0.1) is 0 Å². The van der Waals surface area contributed by atoms with Gasteiger partial charge in [-0.2, -0.15) is 4.98 Å². The molecule has 0 unspecified atom stereocenters. The van der Waals surface area contributed by atoms with E-state index in [4.69, 9.17) is 17.3 Å². The maximum atomic E-state index is 11.8. The Morgan fingerprint density at radius 2 is 2.00 bits per heavy atom. The molecule has 1 fully saturated rings. The fraction of sp³-hybridized carbons (Fsp3) is 0.350. The molecule has 1 heterocycles. The number of hydrazine groups is 1. The number of carbonyl (C=O) groups excluding carboxylic acids is 1. The molecule has 1 saturated carbocycles. The molecule has 0 bridgehead atoms. The van der Waals surface area contributed by atoms with Crippen LogP contribution in [0.2, 0.25) is 0 Å². The first-order valence-electron chi connectivity index (χ1n) is 9.98. The van der Waals surface area contributed by atoms with Gasteiger partial charge in [-0.25, -0.2) is 4.98 Å². The monoisotopic (exact) mass is 411 g/mol. The molecule has 1 amide bonds. The van der Waals surface area contributed by atoms with Crippen molar-refractivity contribution in [1.29, 1.82) is 0 Å². The number of nitrogens with zero attached hydrogens (tertiary/aromatic N) is 2. The molecule has 2 aromatic rings. The molecule has 3 rings (SSSR count). The van der Waals surface area contributed by atoms with Gasteiger partial charge in [0.15, 0.2) is 0 Å². The van der Waals surface area contributed by atoms with E-state index in [1.807, 2.05) is 24.3 Å². The first kappa shape index (κ1) is 21.3. The topological polar surface area (TPSA) is 169 Å². The lowest BCUT2D eigenvalue weighted by Gasteiger charge is -2.28. The summed E-state index contributed by atoms with van der Waals surface area (Å²) in [5, 5.41) is 9.47. The van der Waals surface area contributed by atoms with E-state index in [1.165, 1.54) is 19.0 Å². The summed E-state index contributed by atoms with van der Waals surface area (Å²) >= 11 is 0. The summed E-state index contributed by atoms with van der Waals surface area (Å²) in [5.74, 6) is 5.74. The number of anilines is 4. The van der Waals surface area contributed by atoms with Crippen LogP contribution in [0.1, 0.15) is 36.0 Å². The van der Waals surface area contributed by atoms with E-state index in [-0.39, 0.29) is 11.6 Å². The third-order valence-electron chi connectivity index (χ3n) is 5.10. The highest BCUT2D eigenvalue weighted by molar-refractivity contribution is 5.98. The van der Waals surface area contributed by atoms with Crippen LogP contribution in [0.25, 0.3) is 0 Å². The molecule has 1 aliphatic rings. The maximum absolute atomic E-state index is 11.8. The molecule has 1 aliphatic carbocycles. The average molecular weight is 412 g/mol. The lowest BCUT2D eigenvalue weighted by atomic mass is 9.85. The zero-order valence-electron chi connectivity index (χ0n) is 16.8. The molecule has 0 spiro atoms. The van der Waals surface area contributed by atoms with Crippen molar-refractivity contribution in [1.82, 2.24) is 15.4 Å². The Hall–Kier alpha value is -3.37. The van der Waals surface area contributed by atoms with Gasteiger partial charge in [-0.05, 0) is 37.0 Å². The highest BCUT2D eigenvalue weighted by Crippen LogP contribution is 2.25. The van der Waals surface area contributed by atoms with Crippen molar-refractivity contribution in [2.75, 3.05) is 22.5 Å². The van der Waals surface area contributed by atoms with Gasteiger partial charge >= 0.3 is 0 Å². The van der Waals surface area contributed by atoms with E-state index in [0.717, 1.165) is 24.2 Å². The second-order valence-electron chi connectivity index (χ2n) is 7.26. The van der Waals surface area contributed by atoms with Gasteiger partial charge < -0.3 is 32.8 Å². The number of amides is 1. The van der Waals surface area contributed by atoms with Gasteiger partial charge in [0, 0.05) is 42.6 Å². The molecule has 10 N–H and O–H groups in total. The second kappa shape index (κ2) is 10.4. The van der Waals surface area contributed by atoms with Gasteiger partial charge in [0.2, 0.25) is 5.95 Å². The summed E-state index contributed by atoms with van der Waals surface area (Å²) in [6.45, 7) is 0.692. The standard InChI is InChI=1S/C20H29N9O/c21-17-7-2-1-4-13(17)11-25-20-26-12-16(18(22)30)19(29-20)28-15-6-3-5-14(10-15)24-8-9-27-23/h3,5-6,8-10,12-13,17,24,27H,1-2,4,7,11,21,23H2,(H2,22,30)(H2,25,26,28,29)/b9-8-/t13-,17-/m0/s1. The number of benzene rings is 1. The minimum Gasteiger partial charge on any atom is -0.365 e. The first-order chi connectivity index (χ1) is 14.6. The summed E-state index contributed by atoms with van der Waals surface area (Å²) in [7, 11) is 0. The largest absolute Gasteiger partial charge is 0.365 e. The van der Waals surface area contributed by atoms with E-state index in [0.29, 0.717) is 24.2 Å². The number of primary amides is 1. The molecular weight excluding hydrogens is 382 g/mol. The highest BCUT2D eigenvalue weighted by Gasteiger charge is 2.22. The smallest absolute Gasteiger partial charge is 0.254 e. The van der Waals surface area contributed by atoms with Crippen molar-refractivity contribution in [2.24, 2.45) is 23.2 Å².